The van der Waals surface area contributed by atoms with Gasteiger partial charge in [0, 0.05) is 30.4 Å². The zero-order valence-electron chi connectivity index (χ0n) is 11.5. The van der Waals surface area contributed by atoms with Crippen LogP contribution in [0.25, 0.3) is 10.9 Å². The van der Waals surface area contributed by atoms with Gasteiger partial charge in [-0.1, -0.05) is 23.4 Å². The third-order valence-corrected chi connectivity index (χ3v) is 3.99. The Bertz CT molecular complexity index is 789. The van der Waals surface area contributed by atoms with E-state index >= 15 is 0 Å². The van der Waals surface area contributed by atoms with Crippen molar-refractivity contribution in [2.45, 2.75) is 19.5 Å². The van der Waals surface area contributed by atoms with Crippen LogP contribution in [0.2, 0.25) is 0 Å². The number of hydrogen-bond donors (Lipinski definition) is 0. The van der Waals surface area contributed by atoms with Crippen molar-refractivity contribution in [1.29, 1.82) is 0 Å². The normalized spacial score (nSPS) is 15.0. The summed E-state index contributed by atoms with van der Waals surface area (Å²) >= 11 is 0. The molecule has 0 radical (unpaired) electrons. The maximum atomic E-state index is 12.4. The van der Waals surface area contributed by atoms with Gasteiger partial charge in [-0.15, -0.1) is 0 Å². The standard InChI is InChI=1S/C16H15N3O2/c20-16(15-6-7-17-21-15)18-8-3-9-19-13(11-18)10-12-4-1-2-5-14(12)19/h1-2,4-7,10H,3,8-9,11H2. The first-order valence-electron chi connectivity index (χ1n) is 7.10. The van der Waals surface area contributed by atoms with Crippen LogP contribution in [0.5, 0.6) is 0 Å². The molecular formula is C16H15N3O2. The number of carbonyl (C=O) groups excluding carboxylic acids is 1. The second kappa shape index (κ2) is 4.77. The number of carbonyl (C=O) groups is 1. The molecule has 2 aromatic heterocycles. The Labute approximate surface area is 121 Å². The van der Waals surface area contributed by atoms with Crippen molar-refractivity contribution in [2.24, 2.45) is 0 Å². The number of rotatable bonds is 1. The summed E-state index contributed by atoms with van der Waals surface area (Å²) in [5.74, 6) is 0.214. The highest BCUT2D eigenvalue weighted by molar-refractivity contribution is 5.91. The average Bonchev–Trinajstić information content (AvgIpc) is 3.10. The van der Waals surface area contributed by atoms with Gasteiger partial charge in [0.05, 0.1) is 12.7 Å². The highest BCUT2D eigenvalue weighted by Crippen LogP contribution is 2.24. The molecule has 3 aromatic rings. The van der Waals surface area contributed by atoms with E-state index in [9.17, 15) is 4.79 Å². The largest absolute Gasteiger partial charge is 0.351 e. The zero-order chi connectivity index (χ0) is 14.2. The predicted molar refractivity (Wildman–Crippen MR) is 77.8 cm³/mol. The number of nitrogens with zero attached hydrogens (tertiary/aromatic N) is 3. The molecule has 0 bridgehead atoms. The van der Waals surface area contributed by atoms with Gasteiger partial charge in [0.15, 0.2) is 0 Å². The molecule has 0 saturated heterocycles. The van der Waals surface area contributed by atoms with E-state index in [4.69, 9.17) is 4.52 Å². The summed E-state index contributed by atoms with van der Waals surface area (Å²) in [4.78, 5) is 14.3. The van der Waals surface area contributed by atoms with Crippen LogP contribution in [0.4, 0.5) is 0 Å². The number of hydrogen-bond acceptors (Lipinski definition) is 3. The molecule has 0 saturated carbocycles. The summed E-state index contributed by atoms with van der Waals surface area (Å²) < 4.78 is 7.30. The third-order valence-electron chi connectivity index (χ3n) is 3.99. The zero-order valence-corrected chi connectivity index (χ0v) is 11.5. The lowest BCUT2D eigenvalue weighted by molar-refractivity contribution is 0.0703. The van der Waals surface area contributed by atoms with Crippen LogP contribution >= 0.6 is 0 Å². The first-order chi connectivity index (χ1) is 10.3. The number of aromatic nitrogens is 2. The quantitative estimate of drug-likeness (QED) is 0.689. The van der Waals surface area contributed by atoms with Gasteiger partial charge >= 0.3 is 0 Å². The minimum atomic E-state index is -0.0915. The van der Waals surface area contributed by atoms with E-state index in [2.05, 4.69) is 34.0 Å². The molecule has 0 aliphatic carbocycles. The number of aryl methyl sites for hydroxylation is 1. The fourth-order valence-electron chi connectivity index (χ4n) is 3.01. The summed E-state index contributed by atoms with van der Waals surface area (Å²) in [6, 6.07) is 12.1. The Balaban J connectivity index is 1.70. The fraction of sp³-hybridized carbons (Fsp3) is 0.250. The first-order valence-corrected chi connectivity index (χ1v) is 7.10. The van der Waals surface area contributed by atoms with Crippen molar-refractivity contribution in [3.05, 3.63) is 54.0 Å². The number of fused-ring (bicyclic) bond motifs is 3. The lowest BCUT2D eigenvalue weighted by atomic mass is 10.2. The predicted octanol–water partition coefficient (Wildman–Crippen LogP) is 2.68. The molecule has 0 atom stereocenters. The lowest BCUT2D eigenvalue weighted by Crippen LogP contribution is -2.30. The van der Waals surface area contributed by atoms with Gasteiger partial charge < -0.3 is 14.0 Å². The molecule has 5 nitrogen and oxygen atoms in total. The van der Waals surface area contributed by atoms with Gasteiger partial charge in [0.2, 0.25) is 5.76 Å². The summed E-state index contributed by atoms with van der Waals surface area (Å²) in [5.41, 5.74) is 2.41. The summed E-state index contributed by atoms with van der Waals surface area (Å²) in [6.07, 6.45) is 2.44. The van der Waals surface area contributed by atoms with Gasteiger partial charge in [0.25, 0.3) is 5.91 Å². The van der Waals surface area contributed by atoms with Crippen molar-refractivity contribution in [3.63, 3.8) is 0 Å². The van der Waals surface area contributed by atoms with Crippen molar-refractivity contribution in [3.8, 4) is 0 Å². The van der Waals surface area contributed by atoms with E-state index in [0.29, 0.717) is 12.3 Å². The Morgan fingerprint density at radius 1 is 1.19 bits per heavy atom. The van der Waals surface area contributed by atoms with E-state index < -0.39 is 0 Å². The van der Waals surface area contributed by atoms with Crippen molar-refractivity contribution >= 4 is 16.8 Å². The molecule has 3 heterocycles. The molecule has 1 amide bonds. The molecule has 0 fully saturated rings. The van der Waals surface area contributed by atoms with Crippen LogP contribution < -0.4 is 0 Å². The Kier molecular flexibility index (Phi) is 2.77. The van der Waals surface area contributed by atoms with Crippen LogP contribution in [0.15, 0.2) is 47.1 Å². The molecule has 5 heteroatoms. The lowest BCUT2D eigenvalue weighted by Gasteiger charge is -2.18. The highest BCUT2D eigenvalue weighted by Gasteiger charge is 2.23. The third kappa shape index (κ3) is 2.01. The van der Waals surface area contributed by atoms with E-state index in [1.54, 1.807) is 6.07 Å². The van der Waals surface area contributed by atoms with Crippen LogP contribution in [-0.4, -0.2) is 27.1 Å². The number of benzene rings is 1. The van der Waals surface area contributed by atoms with Gasteiger partial charge in [-0.05, 0) is 23.9 Å². The Morgan fingerprint density at radius 3 is 2.95 bits per heavy atom. The monoisotopic (exact) mass is 281 g/mol. The molecule has 4 rings (SSSR count). The van der Waals surface area contributed by atoms with Gasteiger partial charge in [0.1, 0.15) is 0 Å². The van der Waals surface area contributed by atoms with Gasteiger partial charge in [-0.2, -0.15) is 0 Å². The van der Waals surface area contributed by atoms with Crippen molar-refractivity contribution in [1.82, 2.24) is 14.6 Å². The second-order valence-corrected chi connectivity index (χ2v) is 5.30. The minimum absolute atomic E-state index is 0.0915. The maximum Gasteiger partial charge on any atom is 0.292 e. The average molecular weight is 281 g/mol. The fourth-order valence-corrected chi connectivity index (χ4v) is 3.01. The molecular weight excluding hydrogens is 266 g/mol. The molecule has 0 spiro atoms. The first kappa shape index (κ1) is 12.2. The molecule has 106 valence electrons. The van der Waals surface area contributed by atoms with Crippen LogP contribution in [0.1, 0.15) is 22.7 Å². The Hall–Kier alpha value is -2.56. The second-order valence-electron chi connectivity index (χ2n) is 5.30. The molecule has 0 N–H and O–H groups in total. The summed E-state index contributed by atoms with van der Waals surface area (Å²) in [6.45, 7) is 2.27. The smallest absolute Gasteiger partial charge is 0.292 e. The highest BCUT2D eigenvalue weighted by atomic mass is 16.5. The molecule has 0 unspecified atom stereocenters. The van der Waals surface area contributed by atoms with Crippen LogP contribution in [0.3, 0.4) is 0 Å². The van der Waals surface area contributed by atoms with E-state index in [-0.39, 0.29) is 5.91 Å². The number of amides is 1. The van der Waals surface area contributed by atoms with Crippen molar-refractivity contribution < 1.29 is 9.32 Å². The molecule has 1 aliphatic heterocycles. The Morgan fingerprint density at radius 2 is 2.10 bits per heavy atom. The molecule has 1 aromatic carbocycles. The number of para-hydroxylation sites is 1. The molecule has 1 aliphatic rings. The van der Waals surface area contributed by atoms with E-state index in [1.165, 1.54) is 22.8 Å². The topological polar surface area (TPSA) is 51.3 Å². The SMILES string of the molecule is O=C(c1ccno1)N1CCCn2c(cc3ccccc32)C1. The minimum Gasteiger partial charge on any atom is -0.351 e. The summed E-state index contributed by atoms with van der Waals surface area (Å²) in [7, 11) is 0. The van der Waals surface area contributed by atoms with Crippen LogP contribution in [-0.2, 0) is 13.1 Å². The van der Waals surface area contributed by atoms with E-state index in [0.717, 1.165) is 19.5 Å². The molecule has 21 heavy (non-hydrogen) atoms. The summed E-state index contributed by atoms with van der Waals surface area (Å²) in [5, 5.41) is 4.84. The van der Waals surface area contributed by atoms with Crippen molar-refractivity contribution in [2.75, 3.05) is 6.54 Å². The maximum absolute atomic E-state index is 12.4. The van der Waals surface area contributed by atoms with E-state index in [1.807, 2.05) is 11.0 Å². The van der Waals surface area contributed by atoms with Gasteiger partial charge in [-0.25, -0.2) is 0 Å². The van der Waals surface area contributed by atoms with Crippen LogP contribution in [0, 0.1) is 0 Å². The van der Waals surface area contributed by atoms with Gasteiger partial charge in [-0.3, -0.25) is 4.79 Å².